The van der Waals surface area contributed by atoms with Gasteiger partial charge in [0.05, 0.1) is 12.4 Å². The molecular formula is C12H17N5O. The lowest BCUT2D eigenvalue weighted by Gasteiger charge is -2.05. The SMILES string of the molecule is Cc1nc(Oc2cnn(C(C)C)c2)ncc1CN. The summed E-state index contributed by atoms with van der Waals surface area (Å²) in [6.07, 6.45) is 5.15. The topological polar surface area (TPSA) is 78.9 Å². The minimum Gasteiger partial charge on any atom is -0.421 e. The van der Waals surface area contributed by atoms with E-state index in [0.29, 0.717) is 24.3 Å². The molecular weight excluding hydrogens is 230 g/mol. The Kier molecular flexibility index (Phi) is 3.57. The summed E-state index contributed by atoms with van der Waals surface area (Å²) in [7, 11) is 0. The van der Waals surface area contributed by atoms with Gasteiger partial charge in [-0.3, -0.25) is 4.68 Å². The van der Waals surface area contributed by atoms with Gasteiger partial charge in [0, 0.05) is 30.0 Å². The number of ether oxygens (including phenoxy) is 1. The van der Waals surface area contributed by atoms with Crippen LogP contribution in [0.4, 0.5) is 0 Å². The van der Waals surface area contributed by atoms with Crippen molar-refractivity contribution in [3.05, 3.63) is 29.8 Å². The van der Waals surface area contributed by atoms with Crippen LogP contribution in [-0.2, 0) is 6.54 Å². The lowest BCUT2D eigenvalue weighted by molar-refractivity contribution is 0.436. The molecule has 0 saturated carbocycles. The summed E-state index contributed by atoms with van der Waals surface area (Å²) < 4.78 is 7.36. The fraction of sp³-hybridized carbons (Fsp3) is 0.417. The molecule has 0 spiro atoms. The molecule has 2 heterocycles. The third-order valence-corrected chi connectivity index (χ3v) is 2.59. The summed E-state index contributed by atoms with van der Waals surface area (Å²) in [4.78, 5) is 8.35. The molecule has 0 unspecified atom stereocenters. The smallest absolute Gasteiger partial charge is 0.322 e. The lowest BCUT2D eigenvalue weighted by atomic mass is 10.2. The third kappa shape index (κ3) is 2.65. The first kappa shape index (κ1) is 12.5. The number of hydrogen-bond donors (Lipinski definition) is 1. The molecule has 0 aliphatic carbocycles. The van der Waals surface area contributed by atoms with E-state index in [9.17, 15) is 0 Å². The van der Waals surface area contributed by atoms with Crippen molar-refractivity contribution in [1.82, 2.24) is 19.7 Å². The van der Waals surface area contributed by atoms with Gasteiger partial charge in [0.25, 0.3) is 0 Å². The fourth-order valence-electron chi connectivity index (χ4n) is 1.48. The van der Waals surface area contributed by atoms with Gasteiger partial charge >= 0.3 is 6.01 Å². The van der Waals surface area contributed by atoms with Gasteiger partial charge in [0.1, 0.15) is 0 Å². The van der Waals surface area contributed by atoms with Gasteiger partial charge in [-0.25, -0.2) is 4.98 Å². The van der Waals surface area contributed by atoms with Crippen LogP contribution in [0.3, 0.4) is 0 Å². The molecule has 2 aromatic rings. The number of aryl methyl sites for hydroxylation is 1. The highest BCUT2D eigenvalue weighted by Crippen LogP contribution is 2.19. The molecule has 0 radical (unpaired) electrons. The molecule has 18 heavy (non-hydrogen) atoms. The minimum atomic E-state index is 0.296. The number of aromatic nitrogens is 4. The first-order valence-electron chi connectivity index (χ1n) is 5.84. The number of nitrogens with zero attached hydrogens (tertiary/aromatic N) is 4. The molecule has 0 aliphatic heterocycles. The highest BCUT2D eigenvalue weighted by Gasteiger charge is 2.07. The van der Waals surface area contributed by atoms with Gasteiger partial charge in [-0.2, -0.15) is 10.1 Å². The highest BCUT2D eigenvalue weighted by molar-refractivity contribution is 5.21. The van der Waals surface area contributed by atoms with E-state index in [4.69, 9.17) is 10.5 Å². The van der Waals surface area contributed by atoms with Crippen molar-refractivity contribution in [2.45, 2.75) is 33.4 Å². The van der Waals surface area contributed by atoms with E-state index in [-0.39, 0.29) is 0 Å². The molecule has 0 aliphatic rings. The second-order valence-electron chi connectivity index (χ2n) is 4.32. The summed E-state index contributed by atoms with van der Waals surface area (Å²) in [5, 5.41) is 4.18. The first-order valence-corrected chi connectivity index (χ1v) is 5.84. The Morgan fingerprint density at radius 2 is 2.17 bits per heavy atom. The van der Waals surface area contributed by atoms with Gasteiger partial charge in [-0.1, -0.05) is 0 Å². The Morgan fingerprint density at radius 1 is 1.39 bits per heavy atom. The van der Waals surface area contributed by atoms with Crippen LogP contribution in [-0.4, -0.2) is 19.7 Å². The number of nitrogens with two attached hydrogens (primary N) is 1. The quantitative estimate of drug-likeness (QED) is 0.891. The summed E-state index contributed by atoms with van der Waals surface area (Å²) in [5.41, 5.74) is 7.30. The van der Waals surface area contributed by atoms with Crippen LogP contribution in [0.5, 0.6) is 11.8 Å². The second-order valence-corrected chi connectivity index (χ2v) is 4.32. The number of rotatable bonds is 4. The van der Waals surface area contributed by atoms with Crippen LogP contribution in [0.15, 0.2) is 18.6 Å². The molecule has 0 fully saturated rings. The maximum atomic E-state index is 5.56. The van der Waals surface area contributed by atoms with Crippen molar-refractivity contribution in [1.29, 1.82) is 0 Å². The molecule has 6 heteroatoms. The van der Waals surface area contributed by atoms with Gasteiger partial charge < -0.3 is 10.5 Å². The maximum Gasteiger partial charge on any atom is 0.322 e. The van der Waals surface area contributed by atoms with E-state index < -0.39 is 0 Å². The van der Waals surface area contributed by atoms with E-state index in [0.717, 1.165) is 11.3 Å². The first-order chi connectivity index (χ1) is 8.60. The number of hydrogen-bond acceptors (Lipinski definition) is 5. The molecule has 2 aromatic heterocycles. The highest BCUT2D eigenvalue weighted by atomic mass is 16.5. The average molecular weight is 247 g/mol. The van der Waals surface area contributed by atoms with E-state index in [1.54, 1.807) is 12.4 Å². The van der Waals surface area contributed by atoms with Crippen molar-refractivity contribution in [2.75, 3.05) is 0 Å². The van der Waals surface area contributed by atoms with E-state index >= 15 is 0 Å². The standard InChI is InChI=1S/C12H17N5O/c1-8(2)17-7-11(6-15-17)18-12-14-5-10(4-13)9(3)16-12/h5-8H,4,13H2,1-3H3. The Bertz CT molecular complexity index is 535. The van der Waals surface area contributed by atoms with Crippen molar-refractivity contribution < 1.29 is 4.74 Å². The van der Waals surface area contributed by atoms with Crippen LogP contribution in [0.2, 0.25) is 0 Å². The molecule has 0 saturated heterocycles. The summed E-state index contributed by atoms with van der Waals surface area (Å²) in [6.45, 7) is 6.41. The van der Waals surface area contributed by atoms with Crippen LogP contribution in [0, 0.1) is 6.92 Å². The molecule has 0 amide bonds. The molecule has 2 rings (SSSR count). The fourth-order valence-corrected chi connectivity index (χ4v) is 1.48. The normalized spacial score (nSPS) is 10.9. The monoisotopic (exact) mass is 247 g/mol. The van der Waals surface area contributed by atoms with Crippen LogP contribution in [0.25, 0.3) is 0 Å². The second kappa shape index (κ2) is 5.14. The molecule has 6 nitrogen and oxygen atoms in total. The summed E-state index contributed by atoms with van der Waals surface area (Å²) >= 11 is 0. The zero-order valence-corrected chi connectivity index (χ0v) is 10.8. The third-order valence-electron chi connectivity index (χ3n) is 2.59. The molecule has 0 atom stereocenters. The van der Waals surface area contributed by atoms with E-state index in [1.165, 1.54) is 0 Å². The van der Waals surface area contributed by atoms with Gasteiger partial charge in [-0.05, 0) is 20.8 Å². The molecule has 0 bridgehead atoms. The predicted octanol–water partition coefficient (Wildman–Crippen LogP) is 1.81. The Balaban J connectivity index is 2.15. The van der Waals surface area contributed by atoms with Crippen LogP contribution >= 0.6 is 0 Å². The van der Waals surface area contributed by atoms with Crippen LogP contribution < -0.4 is 10.5 Å². The lowest BCUT2D eigenvalue weighted by Crippen LogP contribution is -2.03. The van der Waals surface area contributed by atoms with E-state index in [1.807, 2.05) is 31.6 Å². The minimum absolute atomic E-state index is 0.296. The Labute approximate surface area is 106 Å². The average Bonchev–Trinajstić information content (AvgIpc) is 2.78. The predicted molar refractivity (Wildman–Crippen MR) is 67.3 cm³/mol. The van der Waals surface area contributed by atoms with Gasteiger partial charge in [0.2, 0.25) is 0 Å². The van der Waals surface area contributed by atoms with Gasteiger partial charge in [0.15, 0.2) is 5.75 Å². The zero-order valence-electron chi connectivity index (χ0n) is 10.8. The summed E-state index contributed by atoms with van der Waals surface area (Å²) in [6, 6.07) is 0.609. The largest absolute Gasteiger partial charge is 0.421 e. The van der Waals surface area contributed by atoms with Crippen molar-refractivity contribution >= 4 is 0 Å². The zero-order chi connectivity index (χ0) is 13.1. The molecule has 2 N–H and O–H groups in total. The Hall–Kier alpha value is -1.95. The van der Waals surface area contributed by atoms with Crippen molar-refractivity contribution in [2.24, 2.45) is 5.73 Å². The molecule has 0 aromatic carbocycles. The van der Waals surface area contributed by atoms with Crippen LogP contribution in [0.1, 0.15) is 31.1 Å². The molecule has 96 valence electrons. The Morgan fingerprint density at radius 3 is 2.72 bits per heavy atom. The van der Waals surface area contributed by atoms with Gasteiger partial charge in [-0.15, -0.1) is 0 Å². The summed E-state index contributed by atoms with van der Waals surface area (Å²) in [5.74, 6) is 0.628. The van der Waals surface area contributed by atoms with Crippen molar-refractivity contribution in [3.63, 3.8) is 0 Å². The maximum absolute atomic E-state index is 5.56. The van der Waals surface area contributed by atoms with E-state index in [2.05, 4.69) is 15.1 Å². The van der Waals surface area contributed by atoms with Crippen molar-refractivity contribution in [3.8, 4) is 11.8 Å².